The summed E-state index contributed by atoms with van der Waals surface area (Å²) in [5, 5.41) is 20.9. The van der Waals surface area contributed by atoms with Gasteiger partial charge in [0, 0.05) is 11.8 Å². The van der Waals surface area contributed by atoms with Crippen LogP contribution in [0.5, 0.6) is 0 Å². The minimum atomic E-state index is -0.900. The number of benzene rings is 1. The van der Waals surface area contributed by atoms with Gasteiger partial charge in [-0.2, -0.15) is 9.49 Å². The normalized spacial score (nSPS) is 10.8. The van der Waals surface area contributed by atoms with E-state index in [0.717, 1.165) is 12.1 Å². The lowest BCUT2D eigenvalue weighted by Gasteiger charge is -2.06. The topological polar surface area (TPSA) is 110 Å². The highest BCUT2D eigenvalue weighted by Crippen LogP contribution is 2.29. The largest absolute Gasteiger partial charge is 0.339 e. The van der Waals surface area contributed by atoms with Crippen LogP contribution in [0.2, 0.25) is 0 Å². The van der Waals surface area contributed by atoms with Gasteiger partial charge in [0.2, 0.25) is 5.82 Å². The van der Waals surface area contributed by atoms with Crippen molar-refractivity contribution in [3.63, 3.8) is 0 Å². The Morgan fingerprint density at radius 1 is 1.38 bits per heavy atom. The predicted octanol–water partition coefficient (Wildman–Crippen LogP) is 2.91. The lowest BCUT2D eigenvalue weighted by Crippen LogP contribution is -1.98. The molecule has 2 aromatic heterocycles. The number of hydrogen-bond acceptors (Lipinski definition) is 6. The molecule has 0 aliphatic rings. The summed E-state index contributed by atoms with van der Waals surface area (Å²) in [7, 11) is 0. The number of nitro groups is 1. The zero-order valence-corrected chi connectivity index (χ0v) is 11.8. The Balaban J connectivity index is 2.05. The Labute approximate surface area is 124 Å². The second-order valence-corrected chi connectivity index (χ2v) is 4.80. The molecule has 0 aliphatic carbocycles. The summed E-state index contributed by atoms with van der Waals surface area (Å²) in [6.07, 6.45) is 1.30. The number of H-pyrrole nitrogens is 1. The van der Waals surface area contributed by atoms with E-state index in [4.69, 9.17) is 0 Å². The molecule has 0 radical (unpaired) electrons. The molecule has 2 heterocycles. The Hall–Kier alpha value is -2.62. The van der Waals surface area contributed by atoms with E-state index in [0.29, 0.717) is 27.1 Å². The number of fused-ring (bicyclic) bond motifs is 1. The third-order valence-electron chi connectivity index (χ3n) is 2.71. The Kier molecular flexibility index (Phi) is 3.22. The fourth-order valence-corrected chi connectivity index (χ4v) is 2.24. The van der Waals surface area contributed by atoms with Crippen LogP contribution in [-0.4, -0.2) is 25.1 Å². The molecule has 1 aromatic carbocycles. The number of halogens is 2. The van der Waals surface area contributed by atoms with Crippen molar-refractivity contribution in [1.82, 2.24) is 20.2 Å². The first-order valence-corrected chi connectivity index (χ1v) is 6.41. The fourth-order valence-electron chi connectivity index (χ4n) is 1.78. The van der Waals surface area contributed by atoms with Crippen molar-refractivity contribution >= 4 is 44.2 Å². The van der Waals surface area contributed by atoms with E-state index in [2.05, 4.69) is 41.4 Å². The lowest BCUT2D eigenvalue weighted by atomic mass is 10.2. The first-order valence-electron chi connectivity index (χ1n) is 5.62. The number of nitro benzene ring substituents is 1. The van der Waals surface area contributed by atoms with Crippen LogP contribution >= 0.6 is 15.9 Å². The second-order valence-electron chi connectivity index (χ2n) is 4.01. The molecule has 0 bridgehead atoms. The highest BCUT2D eigenvalue weighted by molar-refractivity contribution is 9.10. The average molecular weight is 353 g/mol. The molecule has 21 heavy (non-hydrogen) atoms. The van der Waals surface area contributed by atoms with Gasteiger partial charge in [0.05, 0.1) is 10.3 Å². The molecule has 3 aromatic rings. The van der Waals surface area contributed by atoms with Crippen molar-refractivity contribution in [1.29, 1.82) is 0 Å². The van der Waals surface area contributed by atoms with E-state index in [-0.39, 0.29) is 0 Å². The van der Waals surface area contributed by atoms with E-state index in [1.807, 2.05) is 0 Å². The maximum Gasteiger partial charge on any atom is 0.306 e. The molecular formula is C11H6BrFN6O2. The molecule has 0 amide bonds. The van der Waals surface area contributed by atoms with E-state index >= 15 is 0 Å². The smallest absolute Gasteiger partial charge is 0.306 e. The quantitative estimate of drug-likeness (QED) is 0.553. The average Bonchev–Trinajstić information content (AvgIpc) is 2.83. The molecule has 0 atom stereocenters. The van der Waals surface area contributed by atoms with Crippen LogP contribution in [0.15, 0.2) is 29.1 Å². The molecule has 0 fully saturated rings. The molecule has 0 aliphatic heterocycles. The maximum atomic E-state index is 13.3. The van der Waals surface area contributed by atoms with Crippen molar-refractivity contribution in [3.8, 4) is 0 Å². The zero-order valence-electron chi connectivity index (χ0n) is 10.2. The SMILES string of the molecule is O=[N+]([O-])c1cc(Nc2ncnc3n[nH]c(Br)c23)ccc1F. The Morgan fingerprint density at radius 2 is 2.19 bits per heavy atom. The molecule has 0 unspecified atom stereocenters. The second kappa shape index (κ2) is 5.05. The van der Waals surface area contributed by atoms with E-state index in [9.17, 15) is 14.5 Å². The summed E-state index contributed by atoms with van der Waals surface area (Å²) in [5.74, 6) is -0.510. The monoisotopic (exact) mass is 352 g/mol. The first kappa shape index (κ1) is 13.4. The van der Waals surface area contributed by atoms with Gasteiger partial charge in [-0.15, -0.1) is 0 Å². The van der Waals surface area contributed by atoms with Gasteiger partial charge in [-0.3, -0.25) is 15.2 Å². The molecule has 3 rings (SSSR count). The van der Waals surface area contributed by atoms with E-state index in [1.165, 1.54) is 12.4 Å². The predicted molar refractivity (Wildman–Crippen MR) is 75.7 cm³/mol. The van der Waals surface area contributed by atoms with Crippen LogP contribution in [0, 0.1) is 15.9 Å². The minimum absolute atomic E-state index is 0.330. The summed E-state index contributed by atoms with van der Waals surface area (Å²) >= 11 is 3.27. The number of aromatic amines is 1. The molecule has 106 valence electrons. The number of rotatable bonds is 3. The number of aromatic nitrogens is 4. The lowest BCUT2D eigenvalue weighted by molar-refractivity contribution is -0.387. The summed E-state index contributed by atoms with van der Waals surface area (Å²) < 4.78 is 13.9. The van der Waals surface area contributed by atoms with Gasteiger partial charge in [0.25, 0.3) is 0 Å². The highest BCUT2D eigenvalue weighted by Gasteiger charge is 2.16. The number of hydrogen-bond donors (Lipinski definition) is 2. The third kappa shape index (κ3) is 2.40. The summed E-state index contributed by atoms with van der Waals surface area (Å²) in [6.45, 7) is 0. The zero-order chi connectivity index (χ0) is 15.0. The van der Waals surface area contributed by atoms with Crippen LogP contribution < -0.4 is 5.32 Å². The minimum Gasteiger partial charge on any atom is -0.339 e. The van der Waals surface area contributed by atoms with Crippen LogP contribution in [0.1, 0.15) is 0 Å². The molecule has 8 nitrogen and oxygen atoms in total. The van der Waals surface area contributed by atoms with Gasteiger partial charge in [-0.1, -0.05) is 0 Å². The Morgan fingerprint density at radius 3 is 2.95 bits per heavy atom. The first-order chi connectivity index (χ1) is 10.1. The molecule has 10 heteroatoms. The van der Waals surface area contributed by atoms with E-state index in [1.54, 1.807) is 0 Å². The molecular weight excluding hydrogens is 347 g/mol. The van der Waals surface area contributed by atoms with Crippen molar-refractivity contribution in [2.45, 2.75) is 0 Å². The van der Waals surface area contributed by atoms with Crippen molar-refractivity contribution in [2.24, 2.45) is 0 Å². The molecule has 0 saturated heterocycles. The van der Waals surface area contributed by atoms with Crippen molar-refractivity contribution in [2.75, 3.05) is 5.32 Å². The highest BCUT2D eigenvalue weighted by atomic mass is 79.9. The fraction of sp³-hybridized carbons (Fsp3) is 0. The van der Waals surface area contributed by atoms with Crippen LogP contribution in [0.3, 0.4) is 0 Å². The number of nitrogens with zero attached hydrogens (tertiary/aromatic N) is 4. The Bertz CT molecular complexity index is 852. The molecule has 0 saturated carbocycles. The number of anilines is 2. The van der Waals surface area contributed by atoms with Gasteiger partial charge in [-0.25, -0.2) is 9.97 Å². The van der Waals surface area contributed by atoms with Crippen LogP contribution in [-0.2, 0) is 0 Å². The van der Waals surface area contributed by atoms with Gasteiger partial charge in [0.1, 0.15) is 16.7 Å². The maximum absolute atomic E-state index is 13.3. The standard InChI is InChI=1S/C11H6BrFN6O2/c12-9-8-10(14-4-15-11(8)18-17-9)16-5-1-2-6(13)7(3-5)19(20)21/h1-4H,(H2,14,15,16,17,18). The van der Waals surface area contributed by atoms with Crippen molar-refractivity contribution < 1.29 is 9.31 Å². The van der Waals surface area contributed by atoms with Gasteiger partial charge >= 0.3 is 5.69 Å². The van der Waals surface area contributed by atoms with E-state index < -0.39 is 16.4 Å². The molecule has 0 spiro atoms. The third-order valence-corrected chi connectivity index (χ3v) is 3.29. The summed E-state index contributed by atoms with van der Waals surface area (Å²) in [4.78, 5) is 18.0. The summed E-state index contributed by atoms with van der Waals surface area (Å²) in [5.41, 5.74) is 0.142. The van der Waals surface area contributed by atoms with Crippen LogP contribution in [0.4, 0.5) is 21.6 Å². The number of nitrogens with one attached hydrogen (secondary N) is 2. The van der Waals surface area contributed by atoms with Crippen LogP contribution in [0.25, 0.3) is 11.0 Å². The van der Waals surface area contributed by atoms with Gasteiger partial charge in [0.15, 0.2) is 5.65 Å². The summed E-state index contributed by atoms with van der Waals surface area (Å²) in [6, 6.07) is 3.49. The van der Waals surface area contributed by atoms with Gasteiger partial charge in [-0.05, 0) is 28.1 Å². The van der Waals surface area contributed by atoms with Crippen molar-refractivity contribution in [3.05, 3.63) is 45.1 Å². The van der Waals surface area contributed by atoms with Gasteiger partial charge < -0.3 is 5.32 Å². The molecule has 2 N–H and O–H groups in total.